The van der Waals surface area contributed by atoms with E-state index in [2.05, 4.69) is 25.4 Å². The molecule has 1 nitrogen and oxygen atoms in total. The van der Waals surface area contributed by atoms with Gasteiger partial charge in [-0.25, -0.2) is 0 Å². The highest BCUT2D eigenvalue weighted by Gasteiger charge is 1.78. The van der Waals surface area contributed by atoms with E-state index in [1.807, 2.05) is 6.08 Å². The van der Waals surface area contributed by atoms with Crippen molar-refractivity contribution in [3.63, 3.8) is 0 Å². The fraction of sp³-hybridized carbons (Fsp3) is 0.375. The van der Waals surface area contributed by atoms with Crippen LogP contribution in [0.2, 0.25) is 0 Å². The minimum atomic E-state index is 0.576. The molecule has 0 bridgehead atoms. The maximum absolute atomic E-state index is 3.91. The van der Waals surface area contributed by atoms with Gasteiger partial charge in [-0.1, -0.05) is 32.6 Å². The van der Waals surface area contributed by atoms with Crippen LogP contribution in [0.25, 0.3) is 0 Å². The molecule has 0 aliphatic carbocycles. The molecule has 0 amide bonds. The summed E-state index contributed by atoms with van der Waals surface area (Å²) in [6.07, 6.45) is 7.13. The van der Waals surface area contributed by atoms with Gasteiger partial charge in [-0.3, -0.25) is 4.99 Å². The maximum Gasteiger partial charge on any atom is 0.0261 e. The van der Waals surface area contributed by atoms with Crippen molar-refractivity contribution in [2.75, 3.05) is 0 Å². The fourth-order valence-electron chi connectivity index (χ4n) is 0.332. The van der Waals surface area contributed by atoms with Gasteiger partial charge in [0.05, 0.1) is 0 Å². The third-order valence-corrected chi connectivity index (χ3v) is 0.749. The molecule has 0 radical (unpaired) electrons. The third kappa shape index (κ3) is 7.15. The second kappa shape index (κ2) is 5.29. The lowest BCUT2D eigenvalue weighted by atomic mass is 10.2. The SMILES string of the molecule is C=CC=N/C=C\C(C)C. The Morgan fingerprint density at radius 3 is 2.56 bits per heavy atom. The smallest absolute Gasteiger partial charge is 0.0261 e. The Labute approximate surface area is 56.8 Å². The highest BCUT2D eigenvalue weighted by atomic mass is 14.6. The van der Waals surface area contributed by atoms with Gasteiger partial charge in [0.15, 0.2) is 0 Å². The number of aliphatic imine (C=N–C) groups is 1. The van der Waals surface area contributed by atoms with Crippen molar-refractivity contribution >= 4 is 6.21 Å². The Hall–Kier alpha value is -0.850. The quantitative estimate of drug-likeness (QED) is 0.511. The van der Waals surface area contributed by atoms with E-state index in [0.29, 0.717) is 5.92 Å². The molecule has 0 atom stereocenters. The minimum Gasteiger partial charge on any atom is -0.265 e. The highest BCUT2D eigenvalue weighted by Crippen LogP contribution is 1.92. The molecule has 0 spiro atoms. The van der Waals surface area contributed by atoms with Crippen LogP contribution < -0.4 is 0 Å². The predicted octanol–water partition coefficient (Wildman–Crippen LogP) is 2.41. The maximum atomic E-state index is 3.91. The topological polar surface area (TPSA) is 12.4 Å². The van der Waals surface area contributed by atoms with Crippen LogP contribution in [0.5, 0.6) is 0 Å². The van der Waals surface area contributed by atoms with Crippen molar-refractivity contribution in [1.82, 2.24) is 0 Å². The van der Waals surface area contributed by atoms with E-state index in [1.54, 1.807) is 18.5 Å². The van der Waals surface area contributed by atoms with Crippen LogP contribution in [0.3, 0.4) is 0 Å². The van der Waals surface area contributed by atoms with Crippen molar-refractivity contribution in [2.45, 2.75) is 13.8 Å². The second-order valence-electron chi connectivity index (χ2n) is 2.12. The molecule has 0 aliphatic heterocycles. The van der Waals surface area contributed by atoms with Gasteiger partial charge in [0.1, 0.15) is 0 Å². The van der Waals surface area contributed by atoms with E-state index in [-0.39, 0.29) is 0 Å². The summed E-state index contributed by atoms with van der Waals surface area (Å²) < 4.78 is 0. The molecule has 0 N–H and O–H groups in total. The molecule has 0 heterocycles. The van der Waals surface area contributed by atoms with Crippen molar-refractivity contribution in [2.24, 2.45) is 10.9 Å². The van der Waals surface area contributed by atoms with Crippen molar-refractivity contribution in [3.05, 3.63) is 24.9 Å². The number of rotatable bonds is 3. The number of allylic oxidation sites excluding steroid dienone is 2. The number of hydrogen-bond acceptors (Lipinski definition) is 1. The monoisotopic (exact) mass is 123 g/mol. The number of nitrogens with zero attached hydrogens (tertiary/aromatic N) is 1. The standard InChI is InChI=1S/C8H13N/c1-4-6-9-7-5-8(2)3/h4-8H,1H2,2-3H3/b7-5-,9-6?. The molecule has 50 valence electrons. The molecular weight excluding hydrogens is 110 g/mol. The summed E-state index contributed by atoms with van der Waals surface area (Å²) in [5.74, 6) is 0.576. The normalized spacial score (nSPS) is 11.9. The summed E-state index contributed by atoms with van der Waals surface area (Å²) in [6, 6.07) is 0. The van der Waals surface area contributed by atoms with Crippen LogP contribution in [0.15, 0.2) is 29.9 Å². The molecule has 0 unspecified atom stereocenters. The molecule has 9 heavy (non-hydrogen) atoms. The van der Waals surface area contributed by atoms with Gasteiger partial charge < -0.3 is 0 Å². The van der Waals surface area contributed by atoms with Crippen molar-refractivity contribution in [3.8, 4) is 0 Å². The van der Waals surface area contributed by atoms with Crippen LogP contribution in [-0.2, 0) is 0 Å². The lowest BCUT2D eigenvalue weighted by Crippen LogP contribution is -1.74. The summed E-state index contributed by atoms with van der Waals surface area (Å²) >= 11 is 0. The summed E-state index contributed by atoms with van der Waals surface area (Å²) in [5, 5.41) is 0. The zero-order valence-corrected chi connectivity index (χ0v) is 6.04. The Bertz CT molecular complexity index is 121. The zero-order valence-electron chi connectivity index (χ0n) is 6.04. The van der Waals surface area contributed by atoms with Crippen LogP contribution in [0, 0.1) is 5.92 Å². The largest absolute Gasteiger partial charge is 0.265 e. The average molecular weight is 123 g/mol. The first-order valence-electron chi connectivity index (χ1n) is 3.08. The zero-order chi connectivity index (χ0) is 7.11. The van der Waals surface area contributed by atoms with E-state index in [1.165, 1.54) is 0 Å². The van der Waals surface area contributed by atoms with E-state index in [4.69, 9.17) is 0 Å². The first-order valence-corrected chi connectivity index (χ1v) is 3.08. The summed E-state index contributed by atoms with van der Waals surface area (Å²) in [7, 11) is 0. The molecule has 0 fully saturated rings. The van der Waals surface area contributed by atoms with Crippen LogP contribution >= 0.6 is 0 Å². The lowest BCUT2D eigenvalue weighted by molar-refractivity contribution is 0.829. The molecule has 0 aromatic rings. The molecule has 0 aromatic carbocycles. The third-order valence-electron chi connectivity index (χ3n) is 0.749. The molecule has 0 aliphatic rings. The van der Waals surface area contributed by atoms with E-state index < -0.39 is 0 Å². The number of hydrogen-bond donors (Lipinski definition) is 0. The first-order chi connectivity index (χ1) is 4.27. The summed E-state index contributed by atoms with van der Waals surface area (Å²) in [5.41, 5.74) is 0. The van der Waals surface area contributed by atoms with E-state index in [9.17, 15) is 0 Å². The summed E-state index contributed by atoms with van der Waals surface area (Å²) in [6.45, 7) is 7.72. The fourth-order valence-corrected chi connectivity index (χ4v) is 0.332. The van der Waals surface area contributed by atoms with Gasteiger partial charge in [0, 0.05) is 12.4 Å². The van der Waals surface area contributed by atoms with Gasteiger partial charge >= 0.3 is 0 Å². The molecule has 1 heteroatoms. The van der Waals surface area contributed by atoms with Crippen LogP contribution in [0.4, 0.5) is 0 Å². The van der Waals surface area contributed by atoms with Crippen LogP contribution in [0.1, 0.15) is 13.8 Å². The minimum absolute atomic E-state index is 0.576. The van der Waals surface area contributed by atoms with Gasteiger partial charge in [-0.15, -0.1) is 0 Å². The Balaban J connectivity index is 3.46. The predicted molar refractivity (Wildman–Crippen MR) is 42.7 cm³/mol. The Morgan fingerprint density at radius 2 is 2.11 bits per heavy atom. The van der Waals surface area contributed by atoms with E-state index >= 15 is 0 Å². The molecular formula is C8H13N. The lowest BCUT2D eigenvalue weighted by Gasteiger charge is -1.87. The van der Waals surface area contributed by atoms with E-state index in [0.717, 1.165) is 0 Å². The molecule has 0 aromatic heterocycles. The molecule has 0 saturated carbocycles. The van der Waals surface area contributed by atoms with Crippen molar-refractivity contribution < 1.29 is 0 Å². The Morgan fingerprint density at radius 1 is 1.44 bits per heavy atom. The van der Waals surface area contributed by atoms with Crippen molar-refractivity contribution in [1.29, 1.82) is 0 Å². The van der Waals surface area contributed by atoms with Gasteiger partial charge in [0.2, 0.25) is 0 Å². The second-order valence-corrected chi connectivity index (χ2v) is 2.12. The average Bonchev–Trinajstić information content (AvgIpc) is 1.80. The van der Waals surface area contributed by atoms with Crippen LogP contribution in [-0.4, -0.2) is 6.21 Å². The first kappa shape index (κ1) is 8.15. The molecule has 0 saturated heterocycles. The van der Waals surface area contributed by atoms with Gasteiger partial charge in [-0.05, 0) is 5.92 Å². The molecule has 0 rings (SSSR count). The summed E-state index contributed by atoms with van der Waals surface area (Å²) in [4.78, 5) is 3.91. The Kier molecular flexibility index (Phi) is 4.79. The highest BCUT2D eigenvalue weighted by molar-refractivity contribution is 5.70. The van der Waals surface area contributed by atoms with Gasteiger partial charge in [-0.2, -0.15) is 0 Å². The van der Waals surface area contributed by atoms with Gasteiger partial charge in [0.25, 0.3) is 0 Å².